The van der Waals surface area contributed by atoms with E-state index in [-0.39, 0.29) is 0 Å². The maximum Gasteiger partial charge on any atom is 0.135 e. The van der Waals surface area contributed by atoms with Crippen LogP contribution < -0.4 is 4.90 Å². The summed E-state index contributed by atoms with van der Waals surface area (Å²) in [4.78, 5) is 2.45. The summed E-state index contributed by atoms with van der Waals surface area (Å²) >= 11 is 1.88. The molecule has 0 radical (unpaired) electrons. The molecule has 12 aromatic rings. The number of hydrogen-bond donors (Lipinski definition) is 0. The van der Waals surface area contributed by atoms with E-state index in [0.717, 1.165) is 61.3 Å². The van der Waals surface area contributed by atoms with Crippen molar-refractivity contribution in [3.05, 3.63) is 224 Å². The second-order valence-corrected chi connectivity index (χ2v) is 16.7. The second-order valence-electron chi connectivity index (χ2n) is 15.7. The molecular weight excluding hydrogens is 759 g/mol. The Hall–Kier alpha value is -7.72. The summed E-state index contributed by atoms with van der Waals surface area (Å²) in [6.45, 7) is 0. The summed E-state index contributed by atoms with van der Waals surface area (Å²) in [5.41, 5.74) is 14.4. The van der Waals surface area contributed by atoms with Crippen molar-refractivity contribution in [1.82, 2.24) is 0 Å². The average molecular weight is 796 g/mol. The normalized spacial score (nSPS) is 11.6. The average Bonchev–Trinajstić information content (AvgIpc) is 3.90. The molecule has 0 spiro atoms. The lowest BCUT2D eigenvalue weighted by Crippen LogP contribution is -2.12. The van der Waals surface area contributed by atoms with E-state index in [1.807, 2.05) is 23.5 Å². The topological polar surface area (TPSA) is 16.4 Å². The van der Waals surface area contributed by atoms with Crippen LogP contribution in [0, 0.1) is 0 Å². The van der Waals surface area contributed by atoms with Crippen molar-refractivity contribution in [2.45, 2.75) is 0 Å². The summed E-state index contributed by atoms with van der Waals surface area (Å²) in [6.07, 6.45) is 0. The van der Waals surface area contributed by atoms with Crippen LogP contribution in [0.5, 0.6) is 0 Å². The Labute approximate surface area is 357 Å². The van der Waals surface area contributed by atoms with E-state index in [1.165, 1.54) is 53.2 Å². The maximum absolute atomic E-state index is 6.27. The number of benzene rings is 10. The maximum atomic E-state index is 6.27. The van der Waals surface area contributed by atoms with Gasteiger partial charge in [-0.25, -0.2) is 0 Å². The Morgan fingerprint density at radius 1 is 0.328 bits per heavy atom. The molecule has 0 fully saturated rings. The third-order valence-corrected chi connectivity index (χ3v) is 13.3. The minimum atomic E-state index is 0.888. The summed E-state index contributed by atoms with van der Waals surface area (Å²) in [7, 11) is 0. The minimum absolute atomic E-state index is 0.888. The van der Waals surface area contributed by atoms with E-state index in [1.54, 1.807) is 0 Å². The quantitative estimate of drug-likeness (QED) is 0.160. The highest BCUT2D eigenvalue weighted by Crippen LogP contribution is 2.47. The first-order chi connectivity index (χ1) is 30.2. The van der Waals surface area contributed by atoms with Crippen LogP contribution in [-0.2, 0) is 0 Å². The minimum Gasteiger partial charge on any atom is -0.456 e. The van der Waals surface area contributed by atoms with Gasteiger partial charge in [0.25, 0.3) is 0 Å². The van der Waals surface area contributed by atoms with E-state index in [9.17, 15) is 0 Å². The second kappa shape index (κ2) is 14.5. The summed E-state index contributed by atoms with van der Waals surface area (Å²) in [6, 6.07) is 81.4. The van der Waals surface area contributed by atoms with Gasteiger partial charge in [-0.1, -0.05) is 164 Å². The summed E-state index contributed by atoms with van der Waals surface area (Å²) in [5, 5.41) is 7.30. The molecule has 0 aliphatic rings. The van der Waals surface area contributed by atoms with Crippen molar-refractivity contribution >= 4 is 81.3 Å². The van der Waals surface area contributed by atoms with Gasteiger partial charge >= 0.3 is 0 Å². The molecule has 61 heavy (non-hydrogen) atoms. The summed E-state index contributed by atoms with van der Waals surface area (Å²) < 4.78 is 8.91. The van der Waals surface area contributed by atoms with Crippen molar-refractivity contribution in [3.8, 4) is 44.5 Å². The van der Waals surface area contributed by atoms with Crippen molar-refractivity contribution < 1.29 is 4.42 Å². The molecule has 2 nitrogen and oxygen atoms in total. The first-order valence-electron chi connectivity index (χ1n) is 20.7. The smallest absolute Gasteiger partial charge is 0.135 e. The van der Waals surface area contributed by atoms with Crippen molar-refractivity contribution in [3.63, 3.8) is 0 Å². The third kappa shape index (κ3) is 6.09. The highest BCUT2D eigenvalue weighted by atomic mass is 32.1. The van der Waals surface area contributed by atoms with Crippen LogP contribution in [0.25, 0.3) is 97.4 Å². The van der Waals surface area contributed by atoms with Crippen molar-refractivity contribution in [2.75, 3.05) is 4.90 Å². The van der Waals surface area contributed by atoms with E-state index in [0.29, 0.717) is 0 Å². The lowest BCUT2D eigenvalue weighted by atomic mass is 9.95. The predicted molar refractivity (Wildman–Crippen MR) is 261 cm³/mol. The molecule has 2 heterocycles. The van der Waals surface area contributed by atoms with E-state index >= 15 is 0 Å². The number of para-hydroxylation sites is 3. The number of rotatable bonds is 7. The number of hydrogen-bond acceptors (Lipinski definition) is 3. The molecule has 0 saturated heterocycles. The first kappa shape index (κ1) is 35.2. The van der Waals surface area contributed by atoms with Gasteiger partial charge in [-0.05, 0) is 105 Å². The van der Waals surface area contributed by atoms with Crippen LogP contribution in [0.2, 0.25) is 0 Å². The van der Waals surface area contributed by atoms with Crippen LogP contribution in [0.1, 0.15) is 0 Å². The Morgan fingerprint density at radius 3 is 1.75 bits per heavy atom. The Balaban J connectivity index is 1.04. The van der Waals surface area contributed by atoms with Gasteiger partial charge in [0.05, 0.1) is 11.4 Å². The Bertz CT molecular complexity index is 3630. The number of anilines is 3. The van der Waals surface area contributed by atoms with Crippen LogP contribution in [0.15, 0.2) is 229 Å². The van der Waals surface area contributed by atoms with E-state index in [2.05, 4.69) is 217 Å². The molecule has 286 valence electrons. The molecule has 0 unspecified atom stereocenters. The molecule has 0 aliphatic heterocycles. The number of furan rings is 1. The molecular formula is C58H37NOS. The third-order valence-electron chi connectivity index (χ3n) is 12.1. The molecule has 0 saturated carbocycles. The highest BCUT2D eigenvalue weighted by Gasteiger charge is 2.22. The number of nitrogens with zero attached hydrogens (tertiary/aromatic N) is 1. The van der Waals surface area contributed by atoms with Crippen LogP contribution in [-0.4, -0.2) is 0 Å². The molecule has 0 bridgehead atoms. The molecule has 2 aromatic heterocycles. The van der Waals surface area contributed by atoms with Gasteiger partial charge in [-0.15, -0.1) is 11.3 Å². The Morgan fingerprint density at radius 2 is 0.902 bits per heavy atom. The first-order valence-corrected chi connectivity index (χ1v) is 21.6. The summed E-state index contributed by atoms with van der Waals surface area (Å²) in [5.74, 6) is 0. The molecule has 12 rings (SSSR count). The lowest BCUT2D eigenvalue weighted by Gasteiger charge is -2.30. The van der Waals surface area contributed by atoms with Crippen LogP contribution >= 0.6 is 11.3 Å². The van der Waals surface area contributed by atoms with Gasteiger partial charge in [-0.2, -0.15) is 0 Å². The van der Waals surface area contributed by atoms with Gasteiger partial charge in [-0.3, -0.25) is 0 Å². The zero-order chi connectivity index (χ0) is 40.3. The van der Waals surface area contributed by atoms with E-state index < -0.39 is 0 Å². The fourth-order valence-corrected chi connectivity index (χ4v) is 10.4. The largest absolute Gasteiger partial charge is 0.456 e. The van der Waals surface area contributed by atoms with Crippen molar-refractivity contribution in [1.29, 1.82) is 0 Å². The Kier molecular flexibility index (Phi) is 8.39. The predicted octanol–water partition coefficient (Wildman–Crippen LogP) is 17.2. The van der Waals surface area contributed by atoms with Crippen LogP contribution in [0.3, 0.4) is 0 Å². The molecule has 3 heteroatoms. The molecule has 0 amide bonds. The molecule has 0 aliphatic carbocycles. The monoisotopic (exact) mass is 795 g/mol. The zero-order valence-electron chi connectivity index (χ0n) is 33.1. The van der Waals surface area contributed by atoms with Crippen molar-refractivity contribution in [2.24, 2.45) is 0 Å². The highest BCUT2D eigenvalue weighted by molar-refractivity contribution is 7.26. The molecule has 0 atom stereocenters. The fraction of sp³-hybridized carbons (Fsp3) is 0. The van der Waals surface area contributed by atoms with Crippen LogP contribution in [0.4, 0.5) is 17.1 Å². The standard InChI is InChI=1S/C58H37NOS/c1-2-15-39-34-43(31-30-38(39)14-1)46-20-3-7-26-53(46)59(54-27-8-4-21-47(54)44-32-33-56-52(37-44)49-22-5-9-28-55(49)60-56)45-19-12-17-41(36-45)40-16-11-18-42(35-40)48-24-13-25-51-50-23-6-10-29-57(50)61-58(48)51/h1-37H. The van der Waals surface area contributed by atoms with Gasteiger partial charge in [0, 0.05) is 47.8 Å². The van der Waals surface area contributed by atoms with E-state index in [4.69, 9.17) is 4.42 Å². The zero-order valence-corrected chi connectivity index (χ0v) is 33.9. The number of thiophene rings is 1. The molecule has 0 N–H and O–H groups in total. The molecule has 10 aromatic carbocycles. The lowest BCUT2D eigenvalue weighted by molar-refractivity contribution is 0.669. The fourth-order valence-electron chi connectivity index (χ4n) is 9.15. The van der Waals surface area contributed by atoms with Gasteiger partial charge in [0.15, 0.2) is 0 Å². The number of fused-ring (bicyclic) bond motifs is 7. The van der Waals surface area contributed by atoms with Gasteiger partial charge in [0.1, 0.15) is 11.2 Å². The van der Waals surface area contributed by atoms with Gasteiger partial charge in [0.2, 0.25) is 0 Å². The van der Waals surface area contributed by atoms with Gasteiger partial charge < -0.3 is 9.32 Å². The SMILES string of the molecule is c1cc(-c2cccc(N(c3ccccc3-c3ccc4ccccc4c3)c3ccccc3-c3ccc4oc5ccccc5c4c3)c2)cc(-c2cccc3c2sc2ccccc23)c1.